The second kappa shape index (κ2) is 5.59. The van der Waals surface area contributed by atoms with E-state index in [9.17, 15) is 4.79 Å². The van der Waals surface area contributed by atoms with Crippen LogP contribution in [0.5, 0.6) is 5.75 Å². The van der Waals surface area contributed by atoms with Crippen LogP contribution in [0.4, 0.5) is 5.69 Å². The van der Waals surface area contributed by atoms with E-state index in [2.05, 4.69) is 19.2 Å². The topological polar surface area (TPSA) is 41.6 Å². The van der Waals surface area contributed by atoms with E-state index < -0.39 is 0 Å². The number of carbonyl (C=O) groups is 1. The van der Waals surface area contributed by atoms with Crippen LogP contribution in [0.1, 0.15) is 13.8 Å². The lowest BCUT2D eigenvalue weighted by Gasteiger charge is -2.29. The van der Waals surface area contributed by atoms with Crippen molar-refractivity contribution in [2.45, 2.75) is 19.9 Å². The van der Waals surface area contributed by atoms with Gasteiger partial charge in [-0.25, -0.2) is 0 Å². The Morgan fingerprint density at radius 3 is 3.00 bits per heavy atom. The third-order valence-electron chi connectivity index (χ3n) is 2.75. The van der Waals surface area contributed by atoms with Crippen molar-refractivity contribution < 1.29 is 9.53 Å². The highest BCUT2D eigenvalue weighted by molar-refractivity contribution is 6.31. The molecule has 5 heteroatoms. The van der Waals surface area contributed by atoms with Gasteiger partial charge in [0.2, 0.25) is 0 Å². The van der Waals surface area contributed by atoms with Crippen molar-refractivity contribution >= 4 is 23.2 Å². The van der Waals surface area contributed by atoms with Gasteiger partial charge < -0.3 is 15.0 Å². The summed E-state index contributed by atoms with van der Waals surface area (Å²) in [4.78, 5) is 13.6. The lowest BCUT2D eigenvalue weighted by molar-refractivity contribution is -0.121. The van der Waals surface area contributed by atoms with Gasteiger partial charge in [-0.05, 0) is 18.2 Å². The van der Waals surface area contributed by atoms with Crippen molar-refractivity contribution in [2.75, 3.05) is 24.6 Å². The molecule has 1 N–H and O–H groups in total. The quantitative estimate of drug-likeness (QED) is 0.909. The molecule has 0 atom stereocenters. The third kappa shape index (κ3) is 2.94. The van der Waals surface area contributed by atoms with Gasteiger partial charge in [0.25, 0.3) is 5.91 Å². The Kier molecular flexibility index (Phi) is 4.09. The zero-order valence-corrected chi connectivity index (χ0v) is 11.3. The number of anilines is 1. The molecule has 0 radical (unpaired) electrons. The van der Waals surface area contributed by atoms with Crippen molar-refractivity contribution in [3.8, 4) is 5.75 Å². The molecule has 0 aromatic heterocycles. The van der Waals surface area contributed by atoms with E-state index in [1.165, 1.54) is 0 Å². The molecule has 0 aliphatic carbocycles. The predicted molar refractivity (Wildman–Crippen MR) is 72.4 cm³/mol. The normalized spacial score (nSPS) is 14.7. The van der Waals surface area contributed by atoms with E-state index in [1.54, 1.807) is 23.1 Å². The van der Waals surface area contributed by atoms with Crippen molar-refractivity contribution in [3.63, 3.8) is 0 Å². The lowest BCUT2D eigenvalue weighted by Crippen LogP contribution is -2.43. The molecule has 1 aliphatic heterocycles. The highest BCUT2D eigenvalue weighted by Crippen LogP contribution is 2.34. The van der Waals surface area contributed by atoms with Gasteiger partial charge in [-0.2, -0.15) is 0 Å². The van der Waals surface area contributed by atoms with Crippen LogP contribution in [0, 0.1) is 0 Å². The number of nitrogens with one attached hydrogen (secondary N) is 1. The first-order chi connectivity index (χ1) is 8.58. The molecule has 0 saturated carbocycles. The molecular formula is C13H17ClN2O2. The fraction of sp³-hybridized carbons (Fsp3) is 0.462. The minimum atomic E-state index is -0.0321. The average molecular weight is 269 g/mol. The van der Waals surface area contributed by atoms with E-state index in [-0.39, 0.29) is 12.5 Å². The predicted octanol–water partition coefficient (Wildman–Crippen LogP) is 2.06. The van der Waals surface area contributed by atoms with Gasteiger partial charge in [-0.3, -0.25) is 4.79 Å². The van der Waals surface area contributed by atoms with Crippen LogP contribution in [-0.4, -0.2) is 31.6 Å². The second-order valence-corrected chi connectivity index (χ2v) is 4.99. The van der Waals surface area contributed by atoms with Crippen LogP contribution in [0.25, 0.3) is 0 Å². The fourth-order valence-electron chi connectivity index (χ4n) is 1.89. The van der Waals surface area contributed by atoms with Gasteiger partial charge in [0.1, 0.15) is 5.75 Å². The summed E-state index contributed by atoms with van der Waals surface area (Å²) in [7, 11) is 0. The summed E-state index contributed by atoms with van der Waals surface area (Å²) < 4.78 is 5.38. The minimum absolute atomic E-state index is 0.0321. The van der Waals surface area contributed by atoms with Gasteiger partial charge in [-0.1, -0.05) is 25.4 Å². The van der Waals surface area contributed by atoms with E-state index in [0.29, 0.717) is 23.4 Å². The number of rotatable bonds is 4. The highest BCUT2D eigenvalue weighted by Gasteiger charge is 2.25. The van der Waals surface area contributed by atoms with Crippen LogP contribution in [0.3, 0.4) is 0 Å². The number of amides is 1. The Hall–Kier alpha value is -1.26. The number of halogens is 1. The molecule has 0 unspecified atom stereocenters. The largest absolute Gasteiger partial charge is 0.482 e. The Bertz CT molecular complexity index is 449. The first-order valence-electron chi connectivity index (χ1n) is 6.04. The first kappa shape index (κ1) is 13.2. The summed E-state index contributed by atoms with van der Waals surface area (Å²) >= 11 is 5.97. The summed E-state index contributed by atoms with van der Waals surface area (Å²) in [6.07, 6.45) is 0. The smallest absolute Gasteiger partial charge is 0.265 e. The Morgan fingerprint density at radius 1 is 1.50 bits per heavy atom. The number of nitrogens with zero attached hydrogens (tertiary/aromatic N) is 1. The maximum absolute atomic E-state index is 11.9. The first-order valence-corrected chi connectivity index (χ1v) is 6.42. The number of hydrogen-bond acceptors (Lipinski definition) is 3. The molecule has 1 aliphatic rings. The molecular weight excluding hydrogens is 252 g/mol. The fourth-order valence-corrected chi connectivity index (χ4v) is 2.05. The SMILES string of the molecule is CC(C)NCCN1C(=O)COc2ccc(Cl)cc21. The van der Waals surface area contributed by atoms with Gasteiger partial charge in [0, 0.05) is 24.2 Å². The second-order valence-electron chi connectivity index (χ2n) is 4.55. The number of carbonyl (C=O) groups excluding carboxylic acids is 1. The molecule has 1 aromatic rings. The highest BCUT2D eigenvalue weighted by atomic mass is 35.5. The standard InChI is InChI=1S/C13H17ClN2O2/c1-9(2)15-5-6-16-11-7-10(14)3-4-12(11)18-8-13(16)17/h3-4,7,9,15H,5-6,8H2,1-2H3. The monoisotopic (exact) mass is 268 g/mol. The van der Waals surface area contributed by atoms with Crippen molar-refractivity contribution in [2.24, 2.45) is 0 Å². The molecule has 1 heterocycles. The van der Waals surface area contributed by atoms with Gasteiger partial charge >= 0.3 is 0 Å². The zero-order valence-electron chi connectivity index (χ0n) is 10.6. The molecule has 0 saturated heterocycles. The average Bonchev–Trinajstić information content (AvgIpc) is 2.31. The van der Waals surface area contributed by atoms with E-state index in [4.69, 9.17) is 16.3 Å². The maximum atomic E-state index is 11.9. The van der Waals surface area contributed by atoms with E-state index >= 15 is 0 Å². The summed E-state index contributed by atoms with van der Waals surface area (Å²) in [5, 5.41) is 3.90. The van der Waals surface area contributed by atoms with Gasteiger partial charge in [-0.15, -0.1) is 0 Å². The van der Waals surface area contributed by atoms with Crippen molar-refractivity contribution in [1.82, 2.24) is 5.32 Å². The summed E-state index contributed by atoms with van der Waals surface area (Å²) in [6, 6.07) is 5.73. The molecule has 98 valence electrons. The molecule has 18 heavy (non-hydrogen) atoms. The van der Waals surface area contributed by atoms with E-state index in [1.807, 2.05) is 0 Å². The lowest BCUT2D eigenvalue weighted by atomic mass is 10.2. The van der Waals surface area contributed by atoms with E-state index in [0.717, 1.165) is 12.2 Å². The number of ether oxygens (including phenoxy) is 1. The van der Waals surface area contributed by atoms with Gasteiger partial charge in [0.05, 0.1) is 5.69 Å². The summed E-state index contributed by atoms with van der Waals surface area (Å²) in [5.41, 5.74) is 0.754. The molecule has 0 bridgehead atoms. The van der Waals surface area contributed by atoms with Crippen LogP contribution >= 0.6 is 11.6 Å². The van der Waals surface area contributed by atoms with Crippen LogP contribution in [0.15, 0.2) is 18.2 Å². The van der Waals surface area contributed by atoms with Crippen LogP contribution in [0.2, 0.25) is 5.02 Å². The van der Waals surface area contributed by atoms with Crippen molar-refractivity contribution in [1.29, 1.82) is 0 Å². The summed E-state index contributed by atoms with van der Waals surface area (Å²) in [6.45, 7) is 5.61. The molecule has 0 spiro atoms. The maximum Gasteiger partial charge on any atom is 0.265 e. The number of hydrogen-bond donors (Lipinski definition) is 1. The Labute approximate surface area is 112 Å². The zero-order chi connectivity index (χ0) is 13.1. The Morgan fingerprint density at radius 2 is 2.28 bits per heavy atom. The molecule has 0 fully saturated rings. The van der Waals surface area contributed by atoms with Crippen molar-refractivity contribution in [3.05, 3.63) is 23.2 Å². The Balaban J connectivity index is 2.14. The van der Waals surface area contributed by atoms with Gasteiger partial charge in [0.15, 0.2) is 6.61 Å². The molecule has 2 rings (SSSR count). The summed E-state index contributed by atoms with van der Waals surface area (Å²) in [5.74, 6) is 0.680. The van der Waals surface area contributed by atoms with Crippen LogP contribution < -0.4 is 15.0 Å². The minimum Gasteiger partial charge on any atom is -0.482 e. The number of fused-ring (bicyclic) bond motifs is 1. The number of benzene rings is 1. The molecule has 1 amide bonds. The third-order valence-corrected chi connectivity index (χ3v) is 2.99. The molecule has 1 aromatic carbocycles. The van der Waals surface area contributed by atoms with Crippen LogP contribution in [-0.2, 0) is 4.79 Å². The molecule has 4 nitrogen and oxygen atoms in total.